The van der Waals surface area contributed by atoms with Gasteiger partial charge in [-0.05, 0) is 26.0 Å². The van der Waals surface area contributed by atoms with Crippen LogP contribution in [0.4, 0.5) is 10.5 Å². The van der Waals surface area contributed by atoms with Gasteiger partial charge in [-0.2, -0.15) is 0 Å². The highest BCUT2D eigenvalue weighted by Gasteiger charge is 2.14. The number of carboxylic acid groups (broad SMARTS) is 1. The Kier molecular flexibility index (Phi) is 3.84. The van der Waals surface area contributed by atoms with Gasteiger partial charge in [0.25, 0.3) is 0 Å². The summed E-state index contributed by atoms with van der Waals surface area (Å²) in [4.78, 5) is 26.8. The van der Waals surface area contributed by atoms with Crippen LogP contribution < -0.4 is 10.6 Å². The third-order valence-electron chi connectivity index (χ3n) is 2.83. The van der Waals surface area contributed by atoms with E-state index in [0.717, 1.165) is 11.1 Å². The monoisotopic (exact) mass is 273 g/mol. The van der Waals surface area contributed by atoms with E-state index in [-0.39, 0.29) is 0 Å². The van der Waals surface area contributed by atoms with Gasteiger partial charge in [-0.15, -0.1) is 0 Å². The average molecular weight is 273 g/mol. The predicted octanol–water partition coefficient (Wildman–Crippen LogP) is 2.14. The van der Waals surface area contributed by atoms with Crippen molar-refractivity contribution in [3.05, 3.63) is 36.0 Å². The molecule has 0 spiro atoms. The van der Waals surface area contributed by atoms with Crippen LogP contribution in [0.5, 0.6) is 0 Å². The van der Waals surface area contributed by atoms with Gasteiger partial charge < -0.3 is 15.7 Å². The number of pyridine rings is 1. The minimum atomic E-state index is -1.09. The van der Waals surface area contributed by atoms with Gasteiger partial charge in [0.05, 0.1) is 11.2 Å². The van der Waals surface area contributed by atoms with Crippen LogP contribution in [0.15, 0.2) is 30.3 Å². The molecule has 2 rings (SSSR count). The van der Waals surface area contributed by atoms with Crippen molar-refractivity contribution in [1.82, 2.24) is 10.3 Å². The van der Waals surface area contributed by atoms with Crippen molar-refractivity contribution in [2.45, 2.75) is 19.9 Å². The summed E-state index contributed by atoms with van der Waals surface area (Å²) in [5, 5.41) is 14.6. The van der Waals surface area contributed by atoms with Gasteiger partial charge >= 0.3 is 12.0 Å². The van der Waals surface area contributed by atoms with E-state index in [0.29, 0.717) is 11.2 Å². The lowest BCUT2D eigenvalue weighted by molar-refractivity contribution is -0.138. The number of nitrogens with zero attached hydrogens (tertiary/aromatic N) is 1. The van der Waals surface area contributed by atoms with Crippen molar-refractivity contribution in [1.29, 1.82) is 0 Å². The number of benzene rings is 1. The molecule has 0 saturated heterocycles. The summed E-state index contributed by atoms with van der Waals surface area (Å²) in [5.74, 6) is -1.09. The summed E-state index contributed by atoms with van der Waals surface area (Å²) in [6.07, 6.45) is 0. The van der Waals surface area contributed by atoms with E-state index in [1.807, 2.05) is 25.1 Å². The second-order valence-electron chi connectivity index (χ2n) is 4.49. The van der Waals surface area contributed by atoms with Crippen LogP contribution in [0.1, 0.15) is 12.6 Å². The molecule has 0 radical (unpaired) electrons. The topological polar surface area (TPSA) is 91.3 Å². The van der Waals surface area contributed by atoms with Crippen LogP contribution >= 0.6 is 0 Å². The standard InChI is InChI=1S/C14H15N3O3/c1-8-6-7-10-4-3-5-11(12(10)15-8)17-14(20)16-9(2)13(18)19/h3-7,9H,1-2H3,(H,18,19)(H2,16,17,20). The Morgan fingerprint density at radius 2 is 2.00 bits per heavy atom. The highest BCUT2D eigenvalue weighted by Crippen LogP contribution is 2.21. The maximum absolute atomic E-state index is 11.7. The number of carboxylic acids is 1. The molecule has 104 valence electrons. The summed E-state index contributed by atoms with van der Waals surface area (Å²) in [5.41, 5.74) is 2.05. The molecule has 1 unspecified atom stereocenters. The molecule has 0 aliphatic carbocycles. The van der Waals surface area contributed by atoms with Crippen LogP contribution in [-0.2, 0) is 4.79 Å². The number of rotatable bonds is 3. The third kappa shape index (κ3) is 3.03. The lowest BCUT2D eigenvalue weighted by Crippen LogP contribution is -2.40. The summed E-state index contributed by atoms with van der Waals surface area (Å²) in [6.45, 7) is 3.26. The molecule has 3 N–H and O–H groups in total. The van der Waals surface area contributed by atoms with Crippen molar-refractivity contribution in [3.8, 4) is 0 Å². The minimum absolute atomic E-state index is 0.543. The van der Waals surface area contributed by atoms with E-state index >= 15 is 0 Å². The van der Waals surface area contributed by atoms with Crippen molar-refractivity contribution >= 4 is 28.6 Å². The van der Waals surface area contributed by atoms with E-state index in [1.54, 1.807) is 12.1 Å². The van der Waals surface area contributed by atoms with Crippen molar-refractivity contribution in [3.63, 3.8) is 0 Å². The maximum Gasteiger partial charge on any atom is 0.325 e. The third-order valence-corrected chi connectivity index (χ3v) is 2.83. The fourth-order valence-electron chi connectivity index (χ4n) is 1.76. The zero-order chi connectivity index (χ0) is 14.7. The fraction of sp³-hybridized carbons (Fsp3) is 0.214. The molecule has 6 heteroatoms. The van der Waals surface area contributed by atoms with Crippen LogP contribution in [-0.4, -0.2) is 28.1 Å². The number of aryl methyl sites for hydroxylation is 1. The molecule has 1 heterocycles. The highest BCUT2D eigenvalue weighted by molar-refractivity contribution is 6.00. The first-order chi connectivity index (χ1) is 9.47. The number of hydrogen-bond acceptors (Lipinski definition) is 3. The van der Waals surface area contributed by atoms with Gasteiger partial charge in [-0.3, -0.25) is 9.78 Å². The first-order valence-electron chi connectivity index (χ1n) is 6.14. The number of amides is 2. The van der Waals surface area contributed by atoms with Crippen LogP contribution in [0.25, 0.3) is 10.9 Å². The van der Waals surface area contributed by atoms with Crippen molar-refractivity contribution in [2.75, 3.05) is 5.32 Å². The molecule has 0 bridgehead atoms. The van der Waals surface area contributed by atoms with Gasteiger partial charge in [0.2, 0.25) is 0 Å². The Hall–Kier alpha value is -2.63. The number of aliphatic carboxylic acids is 1. The van der Waals surface area contributed by atoms with Crippen LogP contribution in [0, 0.1) is 6.92 Å². The van der Waals surface area contributed by atoms with Crippen LogP contribution in [0.3, 0.4) is 0 Å². The zero-order valence-corrected chi connectivity index (χ0v) is 11.2. The fourth-order valence-corrected chi connectivity index (χ4v) is 1.76. The Morgan fingerprint density at radius 3 is 2.70 bits per heavy atom. The number of anilines is 1. The second kappa shape index (κ2) is 5.56. The van der Waals surface area contributed by atoms with E-state index in [1.165, 1.54) is 6.92 Å². The minimum Gasteiger partial charge on any atom is -0.480 e. The molecule has 0 aliphatic rings. The SMILES string of the molecule is Cc1ccc2cccc(NC(=O)NC(C)C(=O)O)c2n1. The maximum atomic E-state index is 11.7. The van der Waals surface area contributed by atoms with Crippen LogP contribution in [0.2, 0.25) is 0 Å². The number of carbonyl (C=O) groups is 2. The predicted molar refractivity (Wildman–Crippen MR) is 75.7 cm³/mol. The van der Waals surface area contributed by atoms with Gasteiger partial charge in [0.1, 0.15) is 6.04 Å². The largest absolute Gasteiger partial charge is 0.480 e. The number of fused-ring (bicyclic) bond motifs is 1. The molecule has 0 saturated carbocycles. The molecular weight excluding hydrogens is 258 g/mol. The summed E-state index contributed by atoms with van der Waals surface area (Å²) < 4.78 is 0. The molecule has 6 nitrogen and oxygen atoms in total. The average Bonchev–Trinajstić information content (AvgIpc) is 2.39. The summed E-state index contributed by atoms with van der Waals surface area (Å²) in [6, 6.07) is 7.69. The number of carbonyl (C=O) groups excluding carboxylic acids is 1. The Morgan fingerprint density at radius 1 is 1.25 bits per heavy atom. The molecule has 1 aromatic carbocycles. The molecule has 1 aromatic heterocycles. The van der Waals surface area contributed by atoms with Crippen molar-refractivity contribution < 1.29 is 14.7 Å². The Balaban J connectivity index is 2.23. The van der Waals surface area contributed by atoms with E-state index in [2.05, 4.69) is 15.6 Å². The van der Waals surface area contributed by atoms with Gasteiger partial charge in [-0.1, -0.05) is 18.2 Å². The van der Waals surface area contributed by atoms with Gasteiger partial charge in [-0.25, -0.2) is 4.79 Å². The normalized spacial score (nSPS) is 11.9. The van der Waals surface area contributed by atoms with Gasteiger partial charge in [0.15, 0.2) is 0 Å². The molecule has 2 aromatic rings. The lowest BCUT2D eigenvalue weighted by Gasteiger charge is -2.12. The van der Waals surface area contributed by atoms with Crippen molar-refractivity contribution in [2.24, 2.45) is 0 Å². The van der Waals surface area contributed by atoms with Gasteiger partial charge in [0, 0.05) is 11.1 Å². The number of aromatic nitrogens is 1. The molecule has 0 fully saturated rings. The zero-order valence-electron chi connectivity index (χ0n) is 11.2. The van der Waals surface area contributed by atoms with E-state index < -0.39 is 18.0 Å². The quantitative estimate of drug-likeness (QED) is 0.799. The Labute approximate surface area is 115 Å². The summed E-state index contributed by atoms with van der Waals surface area (Å²) >= 11 is 0. The first-order valence-corrected chi connectivity index (χ1v) is 6.14. The van der Waals surface area contributed by atoms with E-state index in [9.17, 15) is 9.59 Å². The number of para-hydroxylation sites is 1. The molecule has 2 amide bonds. The number of urea groups is 1. The number of hydrogen-bond donors (Lipinski definition) is 3. The highest BCUT2D eigenvalue weighted by atomic mass is 16.4. The molecule has 1 atom stereocenters. The second-order valence-corrected chi connectivity index (χ2v) is 4.49. The first kappa shape index (κ1) is 13.8. The molecule has 0 aliphatic heterocycles. The smallest absolute Gasteiger partial charge is 0.325 e. The lowest BCUT2D eigenvalue weighted by atomic mass is 10.2. The Bertz CT molecular complexity index is 670. The summed E-state index contributed by atoms with van der Waals surface area (Å²) in [7, 11) is 0. The molecular formula is C14H15N3O3. The van der Waals surface area contributed by atoms with E-state index in [4.69, 9.17) is 5.11 Å². The molecule has 20 heavy (non-hydrogen) atoms. The number of nitrogens with one attached hydrogen (secondary N) is 2.